The highest BCUT2D eigenvalue weighted by Gasteiger charge is 2.17. The Hall–Kier alpha value is -3.45. The predicted molar refractivity (Wildman–Crippen MR) is 135 cm³/mol. The first-order valence-corrected chi connectivity index (χ1v) is 11.6. The van der Waals surface area contributed by atoms with Crippen molar-refractivity contribution in [3.05, 3.63) is 87.4 Å². The van der Waals surface area contributed by atoms with Crippen LogP contribution in [0.3, 0.4) is 0 Å². The van der Waals surface area contributed by atoms with Crippen LogP contribution in [0, 0.1) is 19.8 Å². The van der Waals surface area contributed by atoms with Crippen molar-refractivity contribution in [3.8, 4) is 11.1 Å². The fourth-order valence-corrected chi connectivity index (χ4v) is 3.54. The van der Waals surface area contributed by atoms with Crippen molar-refractivity contribution in [2.75, 3.05) is 0 Å². The van der Waals surface area contributed by atoms with Gasteiger partial charge >= 0.3 is 6.09 Å². The van der Waals surface area contributed by atoms with E-state index >= 15 is 0 Å². The van der Waals surface area contributed by atoms with Crippen LogP contribution in [-0.4, -0.2) is 22.6 Å². The molecule has 2 aromatic carbocycles. The molecule has 0 saturated carbocycles. The Morgan fingerprint density at radius 1 is 1.00 bits per heavy atom. The van der Waals surface area contributed by atoms with E-state index in [-0.39, 0.29) is 18.0 Å². The predicted octanol–water partition coefficient (Wildman–Crippen LogP) is 6.11. The molecular formula is C27H29ClFN3O3. The van der Waals surface area contributed by atoms with E-state index in [1.54, 1.807) is 51.1 Å². The molecule has 0 atom stereocenters. The third-order valence-electron chi connectivity index (χ3n) is 5.05. The molecule has 0 saturated heterocycles. The maximum absolute atomic E-state index is 14.5. The molecule has 0 radical (unpaired) electrons. The fourth-order valence-electron chi connectivity index (χ4n) is 3.43. The number of alkyl carbamates (subject to hydrolysis) is 1. The zero-order valence-corrected chi connectivity index (χ0v) is 21.2. The molecule has 3 aromatic rings. The van der Waals surface area contributed by atoms with Crippen LogP contribution in [0.5, 0.6) is 0 Å². The highest BCUT2D eigenvalue weighted by atomic mass is 35.5. The van der Waals surface area contributed by atoms with Gasteiger partial charge in [-0.15, -0.1) is 0 Å². The monoisotopic (exact) mass is 497 g/mol. The van der Waals surface area contributed by atoms with Gasteiger partial charge < -0.3 is 15.4 Å². The molecule has 0 bridgehead atoms. The Morgan fingerprint density at radius 3 is 2.40 bits per heavy atom. The number of hydrogen-bond acceptors (Lipinski definition) is 4. The van der Waals surface area contributed by atoms with Crippen LogP contribution in [-0.2, 0) is 17.8 Å². The number of carbonyl (C=O) groups excluding carboxylic acids is 2. The number of amides is 2. The standard InChI is InChI=1S/C27H29ClFN3O3/c1-16-8-22(24(29)30-13-16)20-10-19(15-32-26(34)35-27(3,4)5)11-21(12-20)25(33)31-14-18-6-7-23(28)17(2)9-18/h6-13H,14-15H2,1-5H3,(H,31,33)(H,32,34). The molecule has 3 rings (SSSR count). The second-order valence-corrected chi connectivity index (χ2v) is 9.80. The number of carbonyl (C=O) groups is 2. The van der Waals surface area contributed by atoms with Gasteiger partial charge in [0, 0.05) is 35.4 Å². The number of nitrogens with zero attached hydrogens (tertiary/aromatic N) is 1. The summed E-state index contributed by atoms with van der Waals surface area (Å²) in [6.45, 7) is 9.41. The fraction of sp³-hybridized carbons (Fsp3) is 0.296. The van der Waals surface area contributed by atoms with Crippen molar-refractivity contribution in [2.24, 2.45) is 0 Å². The molecule has 0 spiro atoms. The minimum atomic E-state index is -0.645. The number of nitrogens with one attached hydrogen (secondary N) is 2. The van der Waals surface area contributed by atoms with E-state index in [1.807, 2.05) is 26.0 Å². The van der Waals surface area contributed by atoms with Gasteiger partial charge in [0.05, 0.1) is 0 Å². The molecule has 2 amide bonds. The second kappa shape index (κ2) is 10.9. The van der Waals surface area contributed by atoms with Crippen LogP contribution in [0.1, 0.15) is 53.4 Å². The van der Waals surface area contributed by atoms with Crippen molar-refractivity contribution >= 4 is 23.6 Å². The van der Waals surface area contributed by atoms with E-state index < -0.39 is 17.6 Å². The van der Waals surface area contributed by atoms with Crippen LogP contribution in [0.2, 0.25) is 5.02 Å². The maximum atomic E-state index is 14.5. The minimum absolute atomic E-state index is 0.0975. The van der Waals surface area contributed by atoms with Crippen LogP contribution >= 0.6 is 11.6 Å². The number of halogens is 2. The first kappa shape index (κ1) is 26.2. The molecule has 1 aromatic heterocycles. The summed E-state index contributed by atoms with van der Waals surface area (Å²) in [6.07, 6.45) is 0.851. The summed E-state index contributed by atoms with van der Waals surface area (Å²) in [6, 6.07) is 12.2. The van der Waals surface area contributed by atoms with Gasteiger partial charge in [0.25, 0.3) is 5.91 Å². The van der Waals surface area contributed by atoms with Gasteiger partial charge in [-0.3, -0.25) is 4.79 Å². The van der Waals surface area contributed by atoms with E-state index in [2.05, 4.69) is 15.6 Å². The number of hydrogen-bond donors (Lipinski definition) is 2. The quantitative estimate of drug-likeness (QED) is 0.402. The van der Waals surface area contributed by atoms with Gasteiger partial charge in [-0.05, 0) is 92.8 Å². The van der Waals surface area contributed by atoms with E-state index in [0.29, 0.717) is 28.3 Å². The van der Waals surface area contributed by atoms with E-state index in [0.717, 1.165) is 16.7 Å². The van der Waals surface area contributed by atoms with Crippen molar-refractivity contribution < 1.29 is 18.7 Å². The largest absolute Gasteiger partial charge is 0.444 e. The van der Waals surface area contributed by atoms with Gasteiger partial charge in [0.1, 0.15) is 5.60 Å². The Morgan fingerprint density at radius 2 is 1.71 bits per heavy atom. The average Bonchev–Trinajstić information content (AvgIpc) is 2.78. The molecule has 2 N–H and O–H groups in total. The van der Waals surface area contributed by atoms with Gasteiger partial charge in [0.15, 0.2) is 0 Å². The molecule has 0 aliphatic heterocycles. The van der Waals surface area contributed by atoms with Crippen molar-refractivity contribution in [2.45, 2.75) is 53.3 Å². The topological polar surface area (TPSA) is 80.3 Å². The highest BCUT2D eigenvalue weighted by molar-refractivity contribution is 6.31. The molecule has 35 heavy (non-hydrogen) atoms. The van der Waals surface area contributed by atoms with E-state index in [4.69, 9.17) is 16.3 Å². The molecule has 0 aliphatic carbocycles. The third-order valence-corrected chi connectivity index (χ3v) is 5.48. The number of benzene rings is 2. The molecule has 6 nitrogen and oxygen atoms in total. The van der Waals surface area contributed by atoms with Crippen molar-refractivity contribution in [1.29, 1.82) is 0 Å². The molecule has 0 fully saturated rings. The number of aromatic nitrogens is 1. The number of ether oxygens (including phenoxy) is 1. The summed E-state index contributed by atoms with van der Waals surface area (Å²) in [4.78, 5) is 28.9. The first-order valence-electron chi connectivity index (χ1n) is 11.2. The molecule has 0 unspecified atom stereocenters. The van der Waals surface area contributed by atoms with Crippen molar-refractivity contribution in [3.63, 3.8) is 0 Å². The normalized spacial score (nSPS) is 11.2. The van der Waals surface area contributed by atoms with Crippen molar-refractivity contribution in [1.82, 2.24) is 15.6 Å². The lowest BCUT2D eigenvalue weighted by atomic mass is 9.99. The number of aryl methyl sites for hydroxylation is 2. The number of pyridine rings is 1. The molecule has 8 heteroatoms. The van der Waals surface area contributed by atoms with Gasteiger partial charge in [-0.25, -0.2) is 9.78 Å². The van der Waals surface area contributed by atoms with Gasteiger partial charge in [-0.1, -0.05) is 23.7 Å². The lowest BCUT2D eigenvalue weighted by molar-refractivity contribution is 0.0523. The maximum Gasteiger partial charge on any atom is 0.407 e. The summed E-state index contributed by atoms with van der Waals surface area (Å²) in [5.41, 5.74) is 3.64. The van der Waals surface area contributed by atoms with Crippen LogP contribution < -0.4 is 10.6 Å². The lowest BCUT2D eigenvalue weighted by Crippen LogP contribution is -2.32. The Kier molecular flexibility index (Phi) is 8.12. The Balaban J connectivity index is 1.87. The molecular weight excluding hydrogens is 469 g/mol. The average molecular weight is 498 g/mol. The van der Waals surface area contributed by atoms with E-state index in [1.165, 1.54) is 6.20 Å². The Labute approximate surface area is 209 Å². The SMILES string of the molecule is Cc1cnc(F)c(-c2cc(CNC(=O)OC(C)(C)C)cc(C(=O)NCc3ccc(Cl)c(C)c3)c2)c1. The first-order chi connectivity index (χ1) is 16.4. The lowest BCUT2D eigenvalue weighted by Gasteiger charge is -2.20. The molecule has 1 heterocycles. The number of rotatable bonds is 6. The third kappa shape index (κ3) is 7.52. The summed E-state index contributed by atoms with van der Waals surface area (Å²) in [5.74, 6) is -0.977. The summed E-state index contributed by atoms with van der Waals surface area (Å²) >= 11 is 6.08. The smallest absolute Gasteiger partial charge is 0.407 e. The van der Waals surface area contributed by atoms with Gasteiger partial charge in [-0.2, -0.15) is 4.39 Å². The zero-order chi connectivity index (χ0) is 25.8. The Bertz CT molecular complexity index is 1250. The van der Waals surface area contributed by atoms with E-state index in [9.17, 15) is 14.0 Å². The minimum Gasteiger partial charge on any atom is -0.444 e. The summed E-state index contributed by atoms with van der Waals surface area (Å²) in [7, 11) is 0. The van der Waals surface area contributed by atoms with Crippen LogP contribution in [0.25, 0.3) is 11.1 Å². The van der Waals surface area contributed by atoms with Crippen LogP contribution in [0.4, 0.5) is 9.18 Å². The summed E-state index contributed by atoms with van der Waals surface area (Å²) in [5, 5.41) is 6.22. The second-order valence-electron chi connectivity index (χ2n) is 9.39. The van der Waals surface area contributed by atoms with Gasteiger partial charge in [0.2, 0.25) is 5.95 Å². The summed E-state index contributed by atoms with van der Waals surface area (Å²) < 4.78 is 19.8. The molecule has 0 aliphatic rings. The van der Waals surface area contributed by atoms with Crippen LogP contribution in [0.15, 0.2) is 48.7 Å². The highest BCUT2D eigenvalue weighted by Crippen LogP contribution is 2.26. The molecule has 184 valence electrons. The zero-order valence-electron chi connectivity index (χ0n) is 20.5.